The van der Waals surface area contributed by atoms with Crippen molar-refractivity contribution in [3.8, 4) is 11.5 Å². The summed E-state index contributed by atoms with van der Waals surface area (Å²) in [6.45, 7) is 2.87. The van der Waals surface area contributed by atoms with E-state index in [-0.39, 0.29) is 11.8 Å². The molecule has 1 heterocycles. The zero-order chi connectivity index (χ0) is 16.9. The quantitative estimate of drug-likeness (QED) is 0.463. The molecule has 6 nitrogen and oxygen atoms in total. The number of amides is 1. The van der Waals surface area contributed by atoms with Crippen molar-refractivity contribution in [3.05, 3.63) is 64.5 Å². The van der Waals surface area contributed by atoms with E-state index in [4.69, 9.17) is 10.3 Å². The minimum atomic E-state index is 0.0217. The minimum Gasteiger partial charge on any atom is -0.455 e. The highest BCUT2D eigenvalue weighted by molar-refractivity contribution is 5.97. The number of rotatable bonds is 5. The molecule has 0 bridgehead atoms. The van der Waals surface area contributed by atoms with Gasteiger partial charge in [-0.15, -0.1) is 0 Å². The maximum Gasteiger partial charge on any atom is 0.227 e. The summed E-state index contributed by atoms with van der Waals surface area (Å²) in [5.41, 5.74) is 10.3. The molecule has 1 fully saturated rings. The molecule has 1 saturated heterocycles. The zero-order valence-electron chi connectivity index (χ0n) is 13.4. The van der Waals surface area contributed by atoms with Gasteiger partial charge in [0.1, 0.15) is 5.75 Å². The van der Waals surface area contributed by atoms with Crippen LogP contribution in [0, 0.1) is 12.8 Å². The van der Waals surface area contributed by atoms with E-state index in [2.05, 4.69) is 10.0 Å². The van der Waals surface area contributed by atoms with Gasteiger partial charge in [0.15, 0.2) is 5.75 Å². The number of para-hydroxylation sites is 2. The van der Waals surface area contributed by atoms with Crippen molar-refractivity contribution in [2.45, 2.75) is 13.3 Å². The third-order valence-electron chi connectivity index (χ3n) is 3.98. The van der Waals surface area contributed by atoms with Crippen LogP contribution in [0.4, 0.5) is 5.69 Å². The van der Waals surface area contributed by atoms with Gasteiger partial charge in [-0.25, -0.2) is 0 Å². The molecule has 0 spiro atoms. The van der Waals surface area contributed by atoms with E-state index in [9.17, 15) is 4.79 Å². The fourth-order valence-electron chi connectivity index (χ4n) is 2.86. The Labute approximate surface area is 140 Å². The number of ether oxygens (including phenoxy) is 1. The van der Waals surface area contributed by atoms with Gasteiger partial charge in [0.25, 0.3) is 0 Å². The van der Waals surface area contributed by atoms with Crippen LogP contribution in [-0.4, -0.2) is 19.0 Å². The first kappa shape index (κ1) is 15.9. The smallest absolute Gasteiger partial charge is 0.227 e. The Morgan fingerprint density at radius 1 is 1.29 bits per heavy atom. The fraction of sp³-hybridized carbons (Fsp3) is 0.278. The van der Waals surface area contributed by atoms with E-state index in [1.807, 2.05) is 55.5 Å². The van der Waals surface area contributed by atoms with Crippen molar-refractivity contribution in [2.75, 3.05) is 18.0 Å². The van der Waals surface area contributed by atoms with Crippen LogP contribution in [0.5, 0.6) is 11.5 Å². The van der Waals surface area contributed by atoms with E-state index in [1.165, 1.54) is 0 Å². The Balaban J connectivity index is 1.84. The number of aryl methyl sites for hydroxylation is 1. The summed E-state index contributed by atoms with van der Waals surface area (Å²) in [6.07, 6.45) is 0.387. The van der Waals surface area contributed by atoms with E-state index in [0.29, 0.717) is 25.3 Å². The van der Waals surface area contributed by atoms with E-state index >= 15 is 0 Å². The predicted octanol–water partition coefficient (Wildman–Crippen LogP) is 4.45. The number of carbonyl (C=O) groups is 1. The van der Waals surface area contributed by atoms with Crippen LogP contribution in [0.15, 0.2) is 53.6 Å². The Morgan fingerprint density at radius 3 is 2.92 bits per heavy atom. The molecule has 0 N–H and O–H groups in total. The topological polar surface area (TPSA) is 78.3 Å². The second-order valence-corrected chi connectivity index (χ2v) is 5.87. The summed E-state index contributed by atoms with van der Waals surface area (Å²) in [5.74, 6) is 1.44. The van der Waals surface area contributed by atoms with E-state index in [1.54, 1.807) is 4.90 Å². The Hall–Kier alpha value is -2.98. The molecule has 2 aromatic rings. The largest absolute Gasteiger partial charge is 0.455 e. The van der Waals surface area contributed by atoms with Crippen LogP contribution in [0.3, 0.4) is 0 Å². The van der Waals surface area contributed by atoms with Crippen LogP contribution < -0.4 is 9.64 Å². The SMILES string of the molecule is Cc1cccc(Oc2ccccc2N2CC(CN=[N+]=[N-])CC2=O)c1. The number of anilines is 1. The summed E-state index contributed by atoms with van der Waals surface area (Å²) in [4.78, 5) is 16.8. The van der Waals surface area contributed by atoms with Gasteiger partial charge in [-0.1, -0.05) is 29.4 Å². The number of carbonyl (C=O) groups excluding carboxylic acids is 1. The molecule has 3 rings (SSSR count). The minimum absolute atomic E-state index is 0.0217. The Bertz CT molecular complexity index is 799. The van der Waals surface area contributed by atoms with Gasteiger partial charge in [-0.2, -0.15) is 0 Å². The van der Waals surface area contributed by atoms with Gasteiger partial charge < -0.3 is 9.64 Å². The van der Waals surface area contributed by atoms with Gasteiger partial charge in [-0.3, -0.25) is 4.79 Å². The molecule has 0 saturated carbocycles. The lowest BCUT2D eigenvalue weighted by Crippen LogP contribution is -2.25. The van der Waals surface area contributed by atoms with Crippen molar-refractivity contribution in [1.82, 2.24) is 0 Å². The molecule has 0 aromatic heterocycles. The molecule has 122 valence electrons. The number of hydrogen-bond acceptors (Lipinski definition) is 3. The van der Waals surface area contributed by atoms with Gasteiger partial charge in [0.2, 0.25) is 5.91 Å². The fourth-order valence-corrected chi connectivity index (χ4v) is 2.86. The van der Waals surface area contributed by atoms with Crippen LogP contribution in [0.25, 0.3) is 10.4 Å². The molecule has 1 amide bonds. The highest BCUT2D eigenvalue weighted by atomic mass is 16.5. The lowest BCUT2D eigenvalue weighted by atomic mass is 10.1. The van der Waals surface area contributed by atoms with E-state index < -0.39 is 0 Å². The summed E-state index contributed by atoms with van der Waals surface area (Å²) in [7, 11) is 0. The van der Waals surface area contributed by atoms with Gasteiger partial charge in [0, 0.05) is 24.4 Å². The third kappa shape index (κ3) is 3.50. The summed E-state index contributed by atoms with van der Waals surface area (Å²) < 4.78 is 5.99. The molecule has 1 atom stereocenters. The Morgan fingerprint density at radius 2 is 2.12 bits per heavy atom. The molecule has 6 heteroatoms. The van der Waals surface area contributed by atoms with Gasteiger partial charge in [0.05, 0.1) is 5.69 Å². The number of nitrogens with zero attached hydrogens (tertiary/aromatic N) is 4. The lowest BCUT2D eigenvalue weighted by Gasteiger charge is -2.20. The second-order valence-electron chi connectivity index (χ2n) is 5.87. The number of hydrogen-bond donors (Lipinski definition) is 0. The predicted molar refractivity (Wildman–Crippen MR) is 92.2 cm³/mol. The van der Waals surface area contributed by atoms with Crippen molar-refractivity contribution >= 4 is 11.6 Å². The number of azide groups is 1. The normalized spacial score (nSPS) is 16.8. The van der Waals surface area contributed by atoms with E-state index in [0.717, 1.165) is 17.0 Å². The first-order valence-corrected chi connectivity index (χ1v) is 7.82. The van der Waals surface area contributed by atoms with Crippen LogP contribution in [0.1, 0.15) is 12.0 Å². The van der Waals surface area contributed by atoms with Crippen molar-refractivity contribution in [3.63, 3.8) is 0 Å². The molecule has 1 unspecified atom stereocenters. The van der Waals surface area contributed by atoms with Gasteiger partial charge in [-0.05, 0) is 48.2 Å². The highest BCUT2D eigenvalue weighted by Gasteiger charge is 2.31. The molecule has 2 aromatic carbocycles. The average Bonchev–Trinajstić information content (AvgIpc) is 2.94. The number of benzene rings is 2. The first-order chi connectivity index (χ1) is 11.7. The lowest BCUT2D eigenvalue weighted by molar-refractivity contribution is -0.117. The Kier molecular flexibility index (Phi) is 4.68. The monoisotopic (exact) mass is 322 g/mol. The molecular formula is C18H18N4O2. The van der Waals surface area contributed by atoms with Crippen LogP contribution >= 0.6 is 0 Å². The van der Waals surface area contributed by atoms with Crippen molar-refractivity contribution in [1.29, 1.82) is 0 Å². The summed E-state index contributed by atoms with van der Waals surface area (Å²) in [6, 6.07) is 15.3. The average molecular weight is 322 g/mol. The first-order valence-electron chi connectivity index (χ1n) is 7.82. The van der Waals surface area contributed by atoms with Crippen molar-refractivity contribution in [2.24, 2.45) is 11.0 Å². The van der Waals surface area contributed by atoms with Crippen LogP contribution in [0.2, 0.25) is 0 Å². The molecule has 1 aliphatic rings. The highest BCUT2D eigenvalue weighted by Crippen LogP contribution is 2.35. The molecule has 1 aliphatic heterocycles. The van der Waals surface area contributed by atoms with Crippen LogP contribution in [-0.2, 0) is 4.79 Å². The second kappa shape index (κ2) is 7.06. The van der Waals surface area contributed by atoms with Crippen molar-refractivity contribution < 1.29 is 9.53 Å². The molecule has 24 heavy (non-hydrogen) atoms. The summed E-state index contributed by atoms with van der Waals surface area (Å²) in [5, 5.41) is 3.59. The molecule has 0 radical (unpaired) electrons. The molecule has 0 aliphatic carbocycles. The zero-order valence-corrected chi connectivity index (χ0v) is 13.4. The molecular weight excluding hydrogens is 304 g/mol. The summed E-state index contributed by atoms with van der Waals surface area (Å²) >= 11 is 0. The third-order valence-corrected chi connectivity index (χ3v) is 3.98. The van der Waals surface area contributed by atoms with Gasteiger partial charge >= 0.3 is 0 Å². The maximum atomic E-state index is 12.3. The maximum absolute atomic E-state index is 12.3. The standard InChI is InChI=1S/C18H18N4O2/c1-13-5-4-6-15(9-13)24-17-8-3-2-7-16(17)22-12-14(10-18(22)23)11-20-21-19/h2-9,14H,10-12H2,1H3.